The molecule has 0 amide bonds. The Labute approximate surface area is 107 Å². The van der Waals surface area contributed by atoms with Crippen LogP contribution in [0.5, 0.6) is 0 Å². The SMILES string of the molecule is CC(C#N)CN(C)c1ncc(Br)cc1[N+](=O)[O-]. The summed E-state index contributed by atoms with van der Waals surface area (Å²) in [6.07, 6.45) is 1.50. The molecule has 0 aliphatic carbocycles. The number of anilines is 1. The molecule has 1 aromatic heterocycles. The molecule has 1 aromatic rings. The maximum atomic E-state index is 10.9. The Morgan fingerprint density at radius 3 is 2.94 bits per heavy atom. The zero-order valence-corrected chi connectivity index (χ0v) is 11.0. The van der Waals surface area contributed by atoms with Gasteiger partial charge in [-0.25, -0.2) is 4.98 Å². The summed E-state index contributed by atoms with van der Waals surface area (Å²) in [5, 5.41) is 19.6. The van der Waals surface area contributed by atoms with Crippen LogP contribution in [0.15, 0.2) is 16.7 Å². The molecule has 1 heterocycles. The van der Waals surface area contributed by atoms with Crippen LogP contribution in [-0.4, -0.2) is 23.5 Å². The van der Waals surface area contributed by atoms with Gasteiger partial charge >= 0.3 is 5.69 Å². The van der Waals surface area contributed by atoms with Crippen molar-refractivity contribution < 1.29 is 4.92 Å². The largest absolute Gasteiger partial charge is 0.353 e. The molecule has 0 saturated heterocycles. The van der Waals surface area contributed by atoms with Gasteiger partial charge in [-0.2, -0.15) is 5.26 Å². The molecule has 0 fully saturated rings. The first-order chi connectivity index (χ1) is 7.95. The first kappa shape index (κ1) is 13.4. The number of nitriles is 1. The van der Waals surface area contributed by atoms with E-state index in [0.29, 0.717) is 11.0 Å². The Morgan fingerprint density at radius 2 is 2.41 bits per heavy atom. The molecular weight excluding hydrogens is 288 g/mol. The summed E-state index contributed by atoms with van der Waals surface area (Å²) >= 11 is 3.14. The maximum Gasteiger partial charge on any atom is 0.312 e. The van der Waals surface area contributed by atoms with E-state index in [1.807, 2.05) is 0 Å². The molecule has 0 aliphatic rings. The zero-order chi connectivity index (χ0) is 13.0. The Kier molecular flexibility index (Phi) is 4.40. The van der Waals surface area contributed by atoms with Gasteiger partial charge in [-0.15, -0.1) is 0 Å². The third-order valence-corrected chi connectivity index (χ3v) is 2.57. The van der Waals surface area contributed by atoms with Gasteiger partial charge in [0.05, 0.1) is 16.9 Å². The lowest BCUT2D eigenvalue weighted by molar-refractivity contribution is -0.384. The smallest absolute Gasteiger partial charge is 0.312 e. The Balaban J connectivity index is 3.05. The molecule has 1 unspecified atom stereocenters. The minimum absolute atomic E-state index is 0.0768. The van der Waals surface area contributed by atoms with Crippen molar-refractivity contribution in [1.82, 2.24) is 4.98 Å². The Bertz CT molecular complexity index is 472. The molecule has 1 atom stereocenters. The van der Waals surface area contributed by atoms with E-state index < -0.39 is 4.92 Å². The highest BCUT2D eigenvalue weighted by Gasteiger charge is 2.20. The fourth-order valence-electron chi connectivity index (χ4n) is 1.39. The predicted molar refractivity (Wildman–Crippen MR) is 66.6 cm³/mol. The van der Waals surface area contributed by atoms with Crippen LogP contribution in [0.1, 0.15) is 6.92 Å². The van der Waals surface area contributed by atoms with E-state index in [-0.39, 0.29) is 17.4 Å². The normalized spacial score (nSPS) is 11.6. The van der Waals surface area contributed by atoms with Crippen LogP contribution < -0.4 is 4.90 Å². The highest BCUT2D eigenvalue weighted by atomic mass is 79.9. The molecule has 0 bridgehead atoms. The molecule has 7 heteroatoms. The zero-order valence-electron chi connectivity index (χ0n) is 9.42. The number of pyridine rings is 1. The summed E-state index contributed by atoms with van der Waals surface area (Å²) in [5.41, 5.74) is -0.0768. The van der Waals surface area contributed by atoms with Crippen molar-refractivity contribution in [2.24, 2.45) is 5.92 Å². The molecule has 17 heavy (non-hydrogen) atoms. The molecule has 90 valence electrons. The summed E-state index contributed by atoms with van der Waals surface area (Å²) < 4.78 is 0.551. The van der Waals surface area contributed by atoms with E-state index in [1.165, 1.54) is 12.3 Å². The third-order valence-electron chi connectivity index (χ3n) is 2.14. The lowest BCUT2D eigenvalue weighted by atomic mass is 10.2. The first-order valence-electron chi connectivity index (χ1n) is 4.86. The summed E-state index contributed by atoms with van der Waals surface area (Å²) in [5.74, 6) is 0.0466. The molecule has 0 N–H and O–H groups in total. The second kappa shape index (κ2) is 5.59. The van der Waals surface area contributed by atoms with E-state index in [1.54, 1.807) is 18.9 Å². The van der Waals surface area contributed by atoms with Crippen LogP contribution >= 0.6 is 15.9 Å². The van der Waals surface area contributed by atoms with Gasteiger partial charge in [-0.3, -0.25) is 10.1 Å². The summed E-state index contributed by atoms with van der Waals surface area (Å²) in [6.45, 7) is 2.15. The van der Waals surface area contributed by atoms with E-state index in [4.69, 9.17) is 5.26 Å². The number of aromatic nitrogens is 1. The quantitative estimate of drug-likeness (QED) is 0.629. The van der Waals surface area contributed by atoms with Crippen molar-refractivity contribution >= 4 is 27.4 Å². The first-order valence-corrected chi connectivity index (χ1v) is 5.65. The van der Waals surface area contributed by atoms with Crippen molar-refractivity contribution in [2.45, 2.75) is 6.92 Å². The lowest BCUT2D eigenvalue weighted by Crippen LogP contribution is -2.24. The number of hydrogen-bond donors (Lipinski definition) is 0. The summed E-state index contributed by atoms with van der Waals surface area (Å²) in [7, 11) is 1.68. The van der Waals surface area contributed by atoms with E-state index in [2.05, 4.69) is 27.0 Å². The number of nitrogens with zero attached hydrogens (tertiary/aromatic N) is 4. The van der Waals surface area contributed by atoms with Crippen molar-refractivity contribution in [3.05, 3.63) is 26.9 Å². The molecular formula is C10H11BrN4O2. The van der Waals surface area contributed by atoms with E-state index in [0.717, 1.165) is 0 Å². The number of rotatable bonds is 4. The monoisotopic (exact) mass is 298 g/mol. The molecule has 1 rings (SSSR count). The number of halogens is 1. The minimum atomic E-state index is -0.485. The number of hydrogen-bond acceptors (Lipinski definition) is 5. The molecule has 0 spiro atoms. The van der Waals surface area contributed by atoms with Crippen molar-refractivity contribution in [3.8, 4) is 6.07 Å². The minimum Gasteiger partial charge on any atom is -0.353 e. The van der Waals surface area contributed by atoms with Crippen LogP contribution in [0.25, 0.3) is 0 Å². The molecule has 0 aromatic carbocycles. The van der Waals surface area contributed by atoms with Crippen molar-refractivity contribution in [3.63, 3.8) is 0 Å². The second-order valence-electron chi connectivity index (χ2n) is 3.66. The Hall–Kier alpha value is -1.68. The second-order valence-corrected chi connectivity index (χ2v) is 4.58. The maximum absolute atomic E-state index is 10.9. The van der Waals surface area contributed by atoms with Gasteiger partial charge in [-0.05, 0) is 22.9 Å². The highest BCUT2D eigenvalue weighted by molar-refractivity contribution is 9.10. The third kappa shape index (κ3) is 3.39. The molecule has 0 saturated carbocycles. The van der Waals surface area contributed by atoms with Crippen molar-refractivity contribution in [1.29, 1.82) is 5.26 Å². The lowest BCUT2D eigenvalue weighted by Gasteiger charge is -2.18. The average Bonchev–Trinajstić information content (AvgIpc) is 2.28. The average molecular weight is 299 g/mol. The van der Waals surface area contributed by atoms with Gasteiger partial charge in [0.2, 0.25) is 5.82 Å². The van der Waals surface area contributed by atoms with Gasteiger partial charge in [0, 0.05) is 30.3 Å². The van der Waals surface area contributed by atoms with Crippen molar-refractivity contribution in [2.75, 3.05) is 18.5 Å². The molecule has 0 radical (unpaired) electrons. The van der Waals surface area contributed by atoms with E-state index >= 15 is 0 Å². The summed E-state index contributed by atoms with van der Waals surface area (Å²) in [4.78, 5) is 16.0. The van der Waals surface area contributed by atoms with Crippen LogP contribution in [0.2, 0.25) is 0 Å². The van der Waals surface area contributed by atoms with Gasteiger partial charge < -0.3 is 4.90 Å². The molecule has 0 aliphatic heterocycles. The standard InChI is InChI=1S/C10H11BrN4O2/c1-7(4-12)6-14(2)10-9(15(16)17)3-8(11)5-13-10/h3,5,7H,6H2,1-2H3. The van der Waals surface area contributed by atoms with Crippen LogP contribution in [0, 0.1) is 27.4 Å². The Morgan fingerprint density at radius 1 is 1.76 bits per heavy atom. The van der Waals surface area contributed by atoms with Gasteiger partial charge in [0.1, 0.15) is 0 Å². The fourth-order valence-corrected chi connectivity index (χ4v) is 1.71. The van der Waals surface area contributed by atoms with Gasteiger partial charge in [0.25, 0.3) is 0 Å². The van der Waals surface area contributed by atoms with Gasteiger partial charge in [-0.1, -0.05) is 0 Å². The van der Waals surface area contributed by atoms with Gasteiger partial charge in [0.15, 0.2) is 0 Å². The van der Waals surface area contributed by atoms with Crippen LogP contribution in [-0.2, 0) is 0 Å². The van der Waals surface area contributed by atoms with Crippen LogP contribution in [0.3, 0.4) is 0 Å². The highest BCUT2D eigenvalue weighted by Crippen LogP contribution is 2.28. The topological polar surface area (TPSA) is 83.1 Å². The fraction of sp³-hybridized carbons (Fsp3) is 0.400. The van der Waals surface area contributed by atoms with E-state index in [9.17, 15) is 10.1 Å². The van der Waals surface area contributed by atoms with Crippen LogP contribution in [0.4, 0.5) is 11.5 Å². The number of nitro groups is 1. The molecule has 6 nitrogen and oxygen atoms in total. The predicted octanol–water partition coefficient (Wildman–Crippen LogP) is 2.35. The summed E-state index contributed by atoms with van der Waals surface area (Å²) in [6, 6.07) is 3.48.